The van der Waals surface area contributed by atoms with Gasteiger partial charge < -0.3 is 15.7 Å². The molecule has 6 nitrogen and oxygen atoms in total. The Hall–Kier alpha value is -1.89. The summed E-state index contributed by atoms with van der Waals surface area (Å²) < 4.78 is 0. The molecule has 0 aliphatic carbocycles. The van der Waals surface area contributed by atoms with Crippen LogP contribution in [0.15, 0.2) is 6.07 Å². The number of hydrogen-bond acceptors (Lipinski definition) is 4. The summed E-state index contributed by atoms with van der Waals surface area (Å²) in [5.41, 5.74) is 5.95. The van der Waals surface area contributed by atoms with Crippen molar-refractivity contribution in [1.82, 2.24) is 4.90 Å². The molecule has 0 unspecified atom stereocenters. The third kappa shape index (κ3) is 3.56. The third-order valence-corrected chi connectivity index (χ3v) is 3.48. The van der Waals surface area contributed by atoms with Crippen LogP contribution in [0.1, 0.15) is 20.1 Å². The van der Waals surface area contributed by atoms with E-state index in [2.05, 4.69) is 0 Å². The highest BCUT2D eigenvalue weighted by Gasteiger charge is 2.22. The number of primary amides is 1. The fourth-order valence-electron chi connectivity index (χ4n) is 1.39. The minimum absolute atomic E-state index is 0.402. The van der Waals surface area contributed by atoms with Crippen molar-refractivity contribution in [2.24, 2.45) is 5.73 Å². The van der Waals surface area contributed by atoms with Crippen LogP contribution < -0.4 is 5.73 Å². The van der Waals surface area contributed by atoms with E-state index in [0.717, 1.165) is 15.3 Å². The van der Waals surface area contributed by atoms with E-state index in [1.807, 2.05) is 13.8 Å². The Balaban J connectivity index is 2.94. The molecular formula is C11H14N2O4S. The zero-order chi connectivity index (χ0) is 13.9. The number of thiophene rings is 1. The second-order valence-electron chi connectivity index (χ2n) is 3.87. The average molecular weight is 270 g/mol. The second kappa shape index (κ2) is 5.63. The van der Waals surface area contributed by atoms with Crippen molar-refractivity contribution < 1.29 is 19.5 Å². The highest BCUT2D eigenvalue weighted by Crippen LogP contribution is 2.21. The normalized spacial score (nSPS) is 10.1. The lowest BCUT2D eigenvalue weighted by Crippen LogP contribution is -2.41. The van der Waals surface area contributed by atoms with Crippen molar-refractivity contribution in [3.8, 4) is 0 Å². The van der Waals surface area contributed by atoms with Crippen LogP contribution in [0.4, 0.5) is 0 Å². The standard InChI is InChI=1S/C11H14N2O4S/c1-6-3-8(18-7(6)2)11(17)13(4-9(12)14)5-10(15)16/h3H,4-5H2,1-2H3,(H2,12,14)(H,15,16). The zero-order valence-electron chi connectivity index (χ0n) is 10.1. The smallest absolute Gasteiger partial charge is 0.323 e. The molecule has 0 atom stereocenters. The first-order chi connectivity index (χ1) is 8.31. The van der Waals surface area contributed by atoms with Crippen LogP contribution in [0.5, 0.6) is 0 Å². The molecule has 0 aromatic carbocycles. The van der Waals surface area contributed by atoms with E-state index < -0.39 is 30.9 Å². The molecule has 98 valence electrons. The summed E-state index contributed by atoms with van der Waals surface area (Å²) in [5.74, 6) is -2.42. The van der Waals surface area contributed by atoms with Gasteiger partial charge >= 0.3 is 5.97 Å². The molecule has 7 heteroatoms. The molecule has 0 radical (unpaired) electrons. The monoisotopic (exact) mass is 270 g/mol. The number of nitrogens with two attached hydrogens (primary N) is 1. The van der Waals surface area contributed by atoms with Crippen LogP contribution in [0.25, 0.3) is 0 Å². The van der Waals surface area contributed by atoms with E-state index >= 15 is 0 Å². The number of carboxylic acids is 1. The lowest BCUT2D eigenvalue weighted by atomic mass is 10.2. The Morgan fingerprint density at radius 1 is 1.33 bits per heavy atom. The minimum Gasteiger partial charge on any atom is -0.480 e. The molecule has 1 aromatic rings. The van der Waals surface area contributed by atoms with Crippen LogP contribution in [0.3, 0.4) is 0 Å². The highest BCUT2D eigenvalue weighted by molar-refractivity contribution is 7.14. The molecule has 1 heterocycles. The maximum atomic E-state index is 12.0. The number of amides is 2. The molecule has 3 N–H and O–H groups in total. The Kier molecular flexibility index (Phi) is 4.43. The fraction of sp³-hybridized carbons (Fsp3) is 0.364. The molecule has 0 fully saturated rings. The predicted molar refractivity (Wildman–Crippen MR) is 66.5 cm³/mol. The molecule has 0 bridgehead atoms. The third-order valence-electron chi connectivity index (χ3n) is 2.34. The molecular weight excluding hydrogens is 256 g/mol. The maximum absolute atomic E-state index is 12.0. The molecule has 0 saturated carbocycles. The van der Waals surface area contributed by atoms with Gasteiger partial charge in [0.05, 0.1) is 4.88 Å². The van der Waals surface area contributed by atoms with Crippen molar-refractivity contribution >= 4 is 29.1 Å². The van der Waals surface area contributed by atoms with Gasteiger partial charge in [-0.1, -0.05) is 0 Å². The van der Waals surface area contributed by atoms with Crippen molar-refractivity contribution in [2.45, 2.75) is 13.8 Å². The van der Waals surface area contributed by atoms with Gasteiger partial charge in [-0.25, -0.2) is 0 Å². The first-order valence-corrected chi connectivity index (χ1v) is 5.99. The summed E-state index contributed by atoms with van der Waals surface area (Å²) in [6.07, 6.45) is 0. The fourth-order valence-corrected chi connectivity index (χ4v) is 2.39. The van der Waals surface area contributed by atoms with Crippen molar-refractivity contribution in [1.29, 1.82) is 0 Å². The van der Waals surface area contributed by atoms with E-state index in [4.69, 9.17) is 10.8 Å². The Morgan fingerprint density at radius 3 is 2.33 bits per heavy atom. The van der Waals surface area contributed by atoms with Gasteiger partial charge in [0.2, 0.25) is 5.91 Å². The Morgan fingerprint density at radius 2 is 1.94 bits per heavy atom. The van der Waals surface area contributed by atoms with Gasteiger partial charge in [0.1, 0.15) is 13.1 Å². The van der Waals surface area contributed by atoms with Gasteiger partial charge in [-0.2, -0.15) is 0 Å². The van der Waals surface area contributed by atoms with Crippen LogP contribution in [-0.4, -0.2) is 40.9 Å². The first-order valence-electron chi connectivity index (χ1n) is 5.17. The summed E-state index contributed by atoms with van der Waals surface area (Å²) in [4.78, 5) is 35.9. The first kappa shape index (κ1) is 14.2. The van der Waals surface area contributed by atoms with Crippen molar-refractivity contribution in [3.05, 3.63) is 21.4 Å². The number of hydrogen-bond donors (Lipinski definition) is 2. The van der Waals surface area contributed by atoms with Crippen molar-refractivity contribution in [3.63, 3.8) is 0 Å². The quantitative estimate of drug-likeness (QED) is 0.807. The molecule has 0 aliphatic rings. The molecule has 0 spiro atoms. The van der Waals surface area contributed by atoms with Gasteiger partial charge in [-0.3, -0.25) is 14.4 Å². The Bertz CT molecular complexity index is 460. The molecule has 0 aliphatic heterocycles. The van der Waals surface area contributed by atoms with Gasteiger partial charge in [0, 0.05) is 4.88 Å². The van der Waals surface area contributed by atoms with Crippen LogP contribution in [0.2, 0.25) is 0 Å². The number of rotatable bonds is 5. The van der Waals surface area contributed by atoms with E-state index in [1.165, 1.54) is 11.3 Å². The van der Waals surface area contributed by atoms with Gasteiger partial charge in [0.25, 0.3) is 5.91 Å². The molecule has 2 amide bonds. The van der Waals surface area contributed by atoms with E-state index in [-0.39, 0.29) is 0 Å². The maximum Gasteiger partial charge on any atom is 0.323 e. The number of nitrogens with zero attached hydrogens (tertiary/aromatic N) is 1. The largest absolute Gasteiger partial charge is 0.480 e. The minimum atomic E-state index is -1.19. The predicted octanol–water partition coefficient (Wildman–Crippen LogP) is 0.377. The number of carbonyl (C=O) groups excluding carboxylic acids is 2. The number of carbonyl (C=O) groups is 3. The molecule has 18 heavy (non-hydrogen) atoms. The summed E-state index contributed by atoms with van der Waals surface area (Å²) >= 11 is 1.27. The number of aryl methyl sites for hydroxylation is 2. The van der Waals surface area contributed by atoms with E-state index in [1.54, 1.807) is 6.07 Å². The SMILES string of the molecule is Cc1cc(C(=O)N(CC(N)=O)CC(=O)O)sc1C. The number of carboxylic acid groups (broad SMARTS) is 1. The summed E-state index contributed by atoms with van der Waals surface area (Å²) in [5, 5.41) is 8.71. The lowest BCUT2D eigenvalue weighted by Gasteiger charge is -2.17. The summed E-state index contributed by atoms with van der Waals surface area (Å²) in [6.45, 7) is 2.78. The van der Waals surface area contributed by atoms with E-state index in [0.29, 0.717) is 4.88 Å². The van der Waals surface area contributed by atoms with Crippen LogP contribution in [-0.2, 0) is 9.59 Å². The van der Waals surface area contributed by atoms with Gasteiger partial charge in [-0.05, 0) is 25.5 Å². The molecule has 1 aromatic heterocycles. The highest BCUT2D eigenvalue weighted by atomic mass is 32.1. The topological polar surface area (TPSA) is 101 Å². The molecule has 0 saturated heterocycles. The lowest BCUT2D eigenvalue weighted by molar-refractivity contribution is -0.138. The van der Waals surface area contributed by atoms with Crippen LogP contribution >= 0.6 is 11.3 Å². The number of aliphatic carboxylic acids is 1. The molecule has 1 rings (SSSR count). The van der Waals surface area contributed by atoms with Gasteiger partial charge in [0.15, 0.2) is 0 Å². The van der Waals surface area contributed by atoms with E-state index in [9.17, 15) is 14.4 Å². The summed E-state index contributed by atoms with van der Waals surface area (Å²) in [7, 11) is 0. The summed E-state index contributed by atoms with van der Waals surface area (Å²) in [6, 6.07) is 1.68. The average Bonchev–Trinajstić information content (AvgIpc) is 2.56. The van der Waals surface area contributed by atoms with Gasteiger partial charge in [-0.15, -0.1) is 11.3 Å². The van der Waals surface area contributed by atoms with Crippen molar-refractivity contribution in [2.75, 3.05) is 13.1 Å². The zero-order valence-corrected chi connectivity index (χ0v) is 10.9. The second-order valence-corrected chi connectivity index (χ2v) is 5.13. The Labute approximate surface area is 108 Å². The van der Waals surface area contributed by atoms with Crippen LogP contribution in [0, 0.1) is 13.8 Å².